The van der Waals surface area contributed by atoms with Gasteiger partial charge in [-0.25, -0.2) is 0 Å². The number of hydrogen-bond acceptors (Lipinski definition) is 5. The molecule has 0 saturated carbocycles. The quantitative estimate of drug-likeness (QED) is 0.647. The Morgan fingerprint density at radius 1 is 1.25 bits per heavy atom. The van der Waals surface area contributed by atoms with E-state index in [-0.39, 0.29) is 43.0 Å². The number of piperidine rings is 1. The van der Waals surface area contributed by atoms with Gasteiger partial charge in [-0.1, -0.05) is 0 Å². The van der Waals surface area contributed by atoms with Crippen LogP contribution < -0.4 is 15.8 Å². The molecule has 0 atom stereocenters. The number of nitrogens with two attached hydrogens (primary N) is 1. The van der Waals surface area contributed by atoms with Crippen LogP contribution in [0.1, 0.15) is 18.4 Å². The van der Waals surface area contributed by atoms with Crippen LogP contribution in [0.15, 0.2) is 18.2 Å². The molecule has 7 nitrogen and oxygen atoms in total. The van der Waals surface area contributed by atoms with E-state index < -0.39 is 17.6 Å². The van der Waals surface area contributed by atoms with E-state index in [1.54, 1.807) is 0 Å². The van der Waals surface area contributed by atoms with Gasteiger partial charge in [-0.05, 0) is 44.1 Å². The van der Waals surface area contributed by atoms with Crippen molar-refractivity contribution in [1.82, 2.24) is 4.90 Å². The minimum atomic E-state index is -4.54. The van der Waals surface area contributed by atoms with Crippen molar-refractivity contribution in [3.63, 3.8) is 0 Å². The number of alkyl halides is 3. The first kappa shape index (κ1) is 22.0. The average molecular weight is 403 g/mol. The van der Waals surface area contributed by atoms with Crippen LogP contribution in [0, 0.1) is 5.92 Å². The maximum atomic E-state index is 13.0. The Balaban J connectivity index is 2.03. The lowest BCUT2D eigenvalue weighted by Crippen LogP contribution is -2.42. The second kappa shape index (κ2) is 9.74. The molecule has 1 heterocycles. The van der Waals surface area contributed by atoms with Gasteiger partial charge < -0.3 is 20.5 Å². The Labute approximate surface area is 161 Å². The maximum absolute atomic E-state index is 13.0. The third-order valence-electron chi connectivity index (χ3n) is 4.48. The van der Waals surface area contributed by atoms with E-state index in [9.17, 15) is 22.8 Å². The van der Waals surface area contributed by atoms with Gasteiger partial charge in [0.2, 0.25) is 11.8 Å². The summed E-state index contributed by atoms with van der Waals surface area (Å²) in [4.78, 5) is 25.4. The first-order valence-corrected chi connectivity index (χ1v) is 8.85. The Morgan fingerprint density at radius 3 is 2.50 bits per heavy atom. The van der Waals surface area contributed by atoms with E-state index >= 15 is 0 Å². The van der Waals surface area contributed by atoms with E-state index in [1.165, 1.54) is 13.2 Å². The second-order valence-corrected chi connectivity index (χ2v) is 6.55. The minimum Gasteiger partial charge on any atom is -0.489 e. The van der Waals surface area contributed by atoms with Crippen molar-refractivity contribution < 1.29 is 32.2 Å². The van der Waals surface area contributed by atoms with Gasteiger partial charge in [-0.15, -0.1) is 0 Å². The molecule has 2 amide bonds. The zero-order chi connectivity index (χ0) is 20.7. The van der Waals surface area contributed by atoms with Gasteiger partial charge in [0, 0.05) is 13.0 Å². The fraction of sp³-hybridized carbons (Fsp3) is 0.556. The number of hydrogen-bond donors (Lipinski definition) is 2. The summed E-state index contributed by atoms with van der Waals surface area (Å²) < 4.78 is 49.3. The van der Waals surface area contributed by atoms with Crippen LogP contribution >= 0.6 is 0 Å². The molecule has 3 N–H and O–H groups in total. The van der Waals surface area contributed by atoms with E-state index in [0.717, 1.165) is 12.1 Å². The van der Waals surface area contributed by atoms with Gasteiger partial charge in [-0.3, -0.25) is 14.5 Å². The number of ether oxygens (including phenoxy) is 2. The second-order valence-electron chi connectivity index (χ2n) is 6.55. The van der Waals surface area contributed by atoms with Gasteiger partial charge >= 0.3 is 6.18 Å². The predicted octanol–water partition coefficient (Wildman–Crippen LogP) is 1.87. The van der Waals surface area contributed by atoms with E-state index in [0.29, 0.717) is 25.9 Å². The number of carbonyl (C=O) groups is 2. The highest BCUT2D eigenvalue weighted by atomic mass is 19.4. The van der Waals surface area contributed by atoms with Crippen molar-refractivity contribution in [3.8, 4) is 5.75 Å². The van der Waals surface area contributed by atoms with Crippen LogP contribution in [0.25, 0.3) is 0 Å². The molecular weight excluding hydrogens is 379 g/mol. The lowest BCUT2D eigenvalue weighted by atomic mass is 9.96. The standard InChI is InChI=1S/C18H24F3N3O4/c1-27-8-9-28-15-3-2-13(18(19,20)21)10-14(15)23-16(25)11-24-6-4-12(5-7-24)17(22)26/h2-3,10,12H,4-9,11H2,1H3,(H2,22,26)(H,23,25). The molecule has 0 aliphatic carbocycles. The summed E-state index contributed by atoms with van der Waals surface area (Å²) in [6.07, 6.45) is -3.43. The zero-order valence-electron chi connectivity index (χ0n) is 15.6. The first-order valence-electron chi connectivity index (χ1n) is 8.85. The van der Waals surface area contributed by atoms with Crippen molar-refractivity contribution in [2.45, 2.75) is 19.0 Å². The third-order valence-corrected chi connectivity index (χ3v) is 4.48. The largest absolute Gasteiger partial charge is 0.489 e. The molecule has 10 heteroatoms. The SMILES string of the molecule is COCCOc1ccc(C(F)(F)F)cc1NC(=O)CN1CCC(C(N)=O)CC1. The number of primary amides is 1. The number of nitrogens with one attached hydrogen (secondary N) is 1. The lowest BCUT2D eigenvalue weighted by molar-refractivity contribution is -0.137. The summed E-state index contributed by atoms with van der Waals surface area (Å²) in [5.41, 5.74) is 4.34. The fourth-order valence-corrected chi connectivity index (χ4v) is 2.93. The number of rotatable bonds is 8. The van der Waals surface area contributed by atoms with Crippen LogP contribution in [0.2, 0.25) is 0 Å². The number of carbonyl (C=O) groups excluding carboxylic acids is 2. The van der Waals surface area contributed by atoms with Crippen LogP contribution in [0.5, 0.6) is 5.75 Å². The molecule has 1 aliphatic heterocycles. The summed E-state index contributed by atoms with van der Waals surface area (Å²) in [5.74, 6) is -0.895. The Bertz CT molecular complexity index is 689. The molecule has 1 fully saturated rings. The summed E-state index contributed by atoms with van der Waals surface area (Å²) >= 11 is 0. The maximum Gasteiger partial charge on any atom is 0.416 e. The highest BCUT2D eigenvalue weighted by Crippen LogP contribution is 2.35. The number of halogens is 3. The van der Waals surface area contributed by atoms with Crippen LogP contribution in [0.3, 0.4) is 0 Å². The highest BCUT2D eigenvalue weighted by molar-refractivity contribution is 5.93. The summed E-state index contributed by atoms with van der Waals surface area (Å²) in [7, 11) is 1.47. The molecule has 1 saturated heterocycles. The minimum absolute atomic E-state index is 0.000755. The number of nitrogens with zero attached hydrogens (tertiary/aromatic N) is 1. The molecule has 0 bridgehead atoms. The number of likely N-dealkylation sites (tertiary alicyclic amines) is 1. The van der Waals surface area contributed by atoms with Gasteiger partial charge in [0.05, 0.1) is 24.4 Å². The van der Waals surface area contributed by atoms with Crippen molar-refractivity contribution >= 4 is 17.5 Å². The predicted molar refractivity (Wildman–Crippen MR) is 95.8 cm³/mol. The van der Waals surface area contributed by atoms with E-state index in [4.69, 9.17) is 15.2 Å². The molecule has 28 heavy (non-hydrogen) atoms. The highest BCUT2D eigenvalue weighted by Gasteiger charge is 2.31. The average Bonchev–Trinajstić information content (AvgIpc) is 2.62. The summed E-state index contributed by atoms with van der Waals surface area (Å²) in [5, 5.41) is 2.49. The van der Waals surface area contributed by atoms with Crippen molar-refractivity contribution in [2.75, 3.05) is 45.3 Å². The van der Waals surface area contributed by atoms with Gasteiger partial charge in [0.15, 0.2) is 0 Å². The molecule has 1 aromatic rings. The van der Waals surface area contributed by atoms with Crippen molar-refractivity contribution in [3.05, 3.63) is 23.8 Å². The van der Waals surface area contributed by atoms with Crippen LogP contribution in [-0.4, -0.2) is 56.7 Å². The van der Waals surface area contributed by atoms with Crippen LogP contribution in [0.4, 0.5) is 18.9 Å². The smallest absolute Gasteiger partial charge is 0.416 e. The topological polar surface area (TPSA) is 93.9 Å². The van der Waals surface area contributed by atoms with Gasteiger partial charge in [0.1, 0.15) is 12.4 Å². The van der Waals surface area contributed by atoms with Gasteiger partial charge in [0.25, 0.3) is 0 Å². The van der Waals surface area contributed by atoms with E-state index in [2.05, 4.69) is 5.32 Å². The molecule has 0 spiro atoms. The number of anilines is 1. The number of benzene rings is 1. The Morgan fingerprint density at radius 2 is 1.93 bits per heavy atom. The summed E-state index contributed by atoms with van der Waals surface area (Å²) in [6, 6.07) is 2.91. The Kier molecular flexibility index (Phi) is 7.64. The molecule has 0 radical (unpaired) electrons. The monoisotopic (exact) mass is 403 g/mol. The Hall–Kier alpha value is -2.33. The van der Waals surface area contributed by atoms with E-state index in [1.807, 2.05) is 4.90 Å². The van der Waals surface area contributed by atoms with Crippen molar-refractivity contribution in [2.24, 2.45) is 11.7 Å². The number of amides is 2. The molecule has 0 aromatic heterocycles. The molecule has 1 aliphatic rings. The van der Waals surface area contributed by atoms with Crippen molar-refractivity contribution in [1.29, 1.82) is 0 Å². The molecule has 156 valence electrons. The molecular formula is C18H24F3N3O4. The molecule has 1 aromatic carbocycles. The molecule has 0 unspecified atom stereocenters. The fourth-order valence-electron chi connectivity index (χ4n) is 2.93. The zero-order valence-corrected chi connectivity index (χ0v) is 15.6. The first-order chi connectivity index (χ1) is 13.2. The lowest BCUT2D eigenvalue weighted by Gasteiger charge is -2.29. The molecule has 2 rings (SSSR count). The normalized spacial score (nSPS) is 16.0. The number of methoxy groups -OCH3 is 1. The third kappa shape index (κ3) is 6.38. The summed E-state index contributed by atoms with van der Waals surface area (Å²) in [6.45, 7) is 1.41. The van der Waals surface area contributed by atoms with Crippen LogP contribution in [-0.2, 0) is 20.5 Å². The van der Waals surface area contributed by atoms with Gasteiger partial charge in [-0.2, -0.15) is 13.2 Å².